The Balaban J connectivity index is 1.40. The van der Waals surface area contributed by atoms with Gasteiger partial charge in [-0.15, -0.1) is 10.2 Å². The molecule has 16 heteroatoms. The molecular formula is C25H27F4N6O4S2+. The summed E-state index contributed by atoms with van der Waals surface area (Å²) in [5, 5.41) is 15.9. The van der Waals surface area contributed by atoms with Crippen LogP contribution in [0.15, 0.2) is 41.3 Å². The van der Waals surface area contributed by atoms with Crippen LogP contribution in [-0.2, 0) is 49.8 Å². The van der Waals surface area contributed by atoms with Gasteiger partial charge in [0.1, 0.15) is 5.82 Å². The first-order chi connectivity index (χ1) is 19.3. The predicted molar refractivity (Wildman–Crippen MR) is 139 cm³/mol. The second-order valence-corrected chi connectivity index (χ2v) is 12.1. The lowest BCUT2D eigenvalue weighted by atomic mass is 9.89. The fraction of sp³-hybridized carbons (Fsp3) is 0.440. The number of carbonyl (C=O) groups is 1. The standard InChI is InChI=1S/C25H27F4N6O4S2/c1-15-31-33-35(32-15)14-18-12-19(25(27,28)29)4-2-16(18)3-7-23(36)34-10-8-17(9-11-34)24(40-37)21-6-5-20(13-22(21)26)41(30,38)39/h2,4-6,12-13,17,24H,3,7-11,14H2,1H3,(H2,30,38,39)/q+1. The Labute approximate surface area is 237 Å². The number of benzene rings is 2. The Morgan fingerprint density at radius 1 is 1.15 bits per heavy atom. The molecule has 2 heterocycles. The first-order valence-corrected chi connectivity index (χ1v) is 14.9. The van der Waals surface area contributed by atoms with Gasteiger partial charge in [0.05, 0.1) is 22.6 Å². The summed E-state index contributed by atoms with van der Waals surface area (Å²) in [6.07, 6.45) is -3.45. The molecule has 4 rings (SSSR count). The molecule has 0 saturated carbocycles. The molecule has 1 aliphatic heterocycles. The van der Waals surface area contributed by atoms with E-state index in [9.17, 15) is 35.0 Å². The molecule has 1 fully saturated rings. The average Bonchev–Trinajstić information content (AvgIpc) is 3.32. The highest BCUT2D eigenvalue weighted by Crippen LogP contribution is 2.35. The van der Waals surface area contributed by atoms with Crippen molar-refractivity contribution in [3.8, 4) is 0 Å². The normalized spacial score (nSPS) is 15.6. The van der Waals surface area contributed by atoms with Crippen molar-refractivity contribution in [1.29, 1.82) is 0 Å². The number of alkyl halides is 3. The van der Waals surface area contributed by atoms with E-state index in [4.69, 9.17) is 5.14 Å². The van der Waals surface area contributed by atoms with E-state index >= 15 is 0 Å². The molecule has 0 aliphatic carbocycles. The second-order valence-electron chi connectivity index (χ2n) is 9.81. The van der Waals surface area contributed by atoms with E-state index in [0.29, 0.717) is 42.9 Å². The summed E-state index contributed by atoms with van der Waals surface area (Å²) < 4.78 is 89.6. The molecule has 2 aromatic carbocycles. The zero-order valence-corrected chi connectivity index (χ0v) is 23.5. The summed E-state index contributed by atoms with van der Waals surface area (Å²) in [6, 6.07) is 6.56. The van der Waals surface area contributed by atoms with Crippen LogP contribution < -0.4 is 5.14 Å². The van der Waals surface area contributed by atoms with Gasteiger partial charge in [-0.3, -0.25) is 4.79 Å². The SMILES string of the molecule is Cc1nnn(Cc2cc(C(F)(F)F)ccc2CCC(=O)N2CCC(C([S+]=O)c3ccc(S(N)(=O)=O)cc3F)CC2)n1. The van der Waals surface area contributed by atoms with Crippen molar-refractivity contribution in [2.75, 3.05) is 13.1 Å². The minimum Gasteiger partial charge on any atom is -0.343 e. The Bertz CT molecular complexity index is 1540. The van der Waals surface area contributed by atoms with E-state index in [-0.39, 0.29) is 48.4 Å². The van der Waals surface area contributed by atoms with Crippen molar-refractivity contribution in [3.63, 3.8) is 0 Å². The summed E-state index contributed by atoms with van der Waals surface area (Å²) in [5.74, 6) is -0.916. The molecule has 1 unspecified atom stereocenters. The van der Waals surface area contributed by atoms with Gasteiger partial charge in [-0.2, -0.15) is 18.0 Å². The molecule has 1 aromatic heterocycles. The van der Waals surface area contributed by atoms with Gasteiger partial charge >= 0.3 is 17.8 Å². The van der Waals surface area contributed by atoms with E-state index in [0.717, 1.165) is 24.3 Å². The van der Waals surface area contributed by atoms with Crippen molar-refractivity contribution in [1.82, 2.24) is 25.1 Å². The van der Waals surface area contributed by atoms with Gasteiger partial charge in [0, 0.05) is 29.6 Å². The van der Waals surface area contributed by atoms with Crippen molar-refractivity contribution < 1.29 is 35.0 Å². The van der Waals surface area contributed by atoms with Gasteiger partial charge in [0.25, 0.3) is 5.25 Å². The molecular weight excluding hydrogens is 588 g/mol. The highest BCUT2D eigenvalue weighted by Gasteiger charge is 2.39. The van der Waals surface area contributed by atoms with Crippen LogP contribution in [0.25, 0.3) is 0 Å². The Hall–Kier alpha value is -3.37. The molecule has 0 bridgehead atoms. The first kappa shape index (κ1) is 30.6. The quantitative estimate of drug-likeness (QED) is 0.288. The van der Waals surface area contributed by atoms with Crippen molar-refractivity contribution in [3.05, 3.63) is 70.3 Å². The lowest BCUT2D eigenvalue weighted by Crippen LogP contribution is -2.40. The van der Waals surface area contributed by atoms with Crippen LogP contribution in [0.2, 0.25) is 0 Å². The number of aryl methyl sites for hydroxylation is 2. The summed E-state index contributed by atoms with van der Waals surface area (Å²) >= 11 is 0.210. The number of hydrogen-bond donors (Lipinski definition) is 1. The molecule has 0 spiro atoms. The highest BCUT2D eigenvalue weighted by molar-refractivity contribution is 7.89. The Morgan fingerprint density at radius 3 is 2.41 bits per heavy atom. The lowest BCUT2D eigenvalue weighted by molar-refractivity contribution is -0.137. The van der Waals surface area contributed by atoms with E-state index in [2.05, 4.69) is 15.4 Å². The van der Waals surface area contributed by atoms with Gasteiger partial charge in [-0.05, 0) is 72.9 Å². The number of piperidine rings is 1. The van der Waals surface area contributed by atoms with Crippen molar-refractivity contribution in [2.45, 2.75) is 55.5 Å². The molecule has 3 aromatic rings. The smallest absolute Gasteiger partial charge is 0.343 e. The molecule has 1 saturated heterocycles. The van der Waals surface area contributed by atoms with E-state index < -0.39 is 37.7 Å². The van der Waals surface area contributed by atoms with E-state index in [1.807, 2.05) is 0 Å². The predicted octanol–water partition coefficient (Wildman–Crippen LogP) is 3.18. The average molecular weight is 616 g/mol. The minimum atomic E-state index is -4.54. The Kier molecular flexibility index (Phi) is 9.13. The van der Waals surface area contributed by atoms with Crippen LogP contribution in [0, 0.1) is 18.7 Å². The fourth-order valence-electron chi connectivity index (χ4n) is 4.89. The number of tetrazole rings is 1. The maximum Gasteiger partial charge on any atom is 0.467 e. The molecule has 1 amide bonds. The number of aromatic nitrogens is 4. The molecule has 2 N–H and O–H groups in total. The van der Waals surface area contributed by atoms with Crippen LogP contribution >= 0.6 is 0 Å². The van der Waals surface area contributed by atoms with Gasteiger partial charge in [-0.1, -0.05) is 6.07 Å². The topological polar surface area (TPSA) is 141 Å². The molecule has 41 heavy (non-hydrogen) atoms. The Morgan fingerprint density at radius 2 is 1.85 bits per heavy atom. The maximum atomic E-state index is 14.7. The first-order valence-electron chi connectivity index (χ1n) is 12.6. The second kappa shape index (κ2) is 12.2. The zero-order valence-electron chi connectivity index (χ0n) is 21.8. The largest absolute Gasteiger partial charge is 0.467 e. The van der Waals surface area contributed by atoms with E-state index in [1.165, 1.54) is 16.9 Å². The molecule has 1 atom stereocenters. The molecule has 10 nitrogen and oxygen atoms in total. The van der Waals surface area contributed by atoms with E-state index in [1.54, 1.807) is 11.8 Å². The van der Waals surface area contributed by atoms with Crippen LogP contribution in [0.3, 0.4) is 0 Å². The van der Waals surface area contributed by atoms with Crippen molar-refractivity contribution >= 4 is 27.6 Å². The van der Waals surface area contributed by atoms with Crippen LogP contribution in [0.5, 0.6) is 0 Å². The van der Waals surface area contributed by atoms with Crippen LogP contribution in [0.4, 0.5) is 17.6 Å². The lowest BCUT2D eigenvalue weighted by Gasteiger charge is -2.31. The third-order valence-corrected chi connectivity index (χ3v) is 8.79. The number of sulfonamides is 1. The number of hydrogen-bond acceptors (Lipinski definition) is 7. The summed E-state index contributed by atoms with van der Waals surface area (Å²) in [6.45, 7) is 2.21. The van der Waals surface area contributed by atoms with Gasteiger partial charge in [0.2, 0.25) is 15.9 Å². The number of nitrogens with zero attached hydrogens (tertiary/aromatic N) is 5. The molecule has 0 radical (unpaired) electrons. The number of amides is 1. The maximum absolute atomic E-state index is 14.7. The minimum absolute atomic E-state index is 0.0390. The number of halogens is 4. The monoisotopic (exact) mass is 615 g/mol. The van der Waals surface area contributed by atoms with Gasteiger partial charge < -0.3 is 4.90 Å². The van der Waals surface area contributed by atoms with Crippen LogP contribution in [0.1, 0.15) is 52.6 Å². The summed E-state index contributed by atoms with van der Waals surface area (Å²) in [7, 11) is -4.10. The third-order valence-electron chi connectivity index (χ3n) is 7.04. The van der Waals surface area contributed by atoms with Crippen LogP contribution in [-0.4, -0.2) is 52.5 Å². The number of carbonyl (C=O) groups excluding carboxylic acids is 1. The van der Waals surface area contributed by atoms with Gasteiger partial charge in [-0.25, -0.2) is 17.9 Å². The summed E-state index contributed by atoms with van der Waals surface area (Å²) in [4.78, 5) is 15.4. The number of likely N-dealkylation sites (tertiary alicyclic amines) is 1. The molecule has 220 valence electrons. The third kappa shape index (κ3) is 7.48. The van der Waals surface area contributed by atoms with Crippen molar-refractivity contribution in [2.24, 2.45) is 11.1 Å². The summed E-state index contributed by atoms with van der Waals surface area (Å²) in [5.41, 5.74) is 0.143. The number of rotatable bonds is 9. The highest BCUT2D eigenvalue weighted by atomic mass is 32.2. The van der Waals surface area contributed by atoms with Gasteiger partial charge in [0.15, 0.2) is 5.82 Å². The fourth-order valence-corrected chi connectivity index (χ4v) is 6.14. The number of primary sulfonamides is 1. The molecule has 1 aliphatic rings. The zero-order chi connectivity index (χ0) is 29.9. The number of nitrogens with two attached hydrogens (primary N) is 1.